The normalized spacial score (nSPS) is 11.8. The molecule has 0 saturated heterocycles. The standard InChI is InChI=1S/C32H28N2O3S/c35-31(20-23-6-2-1-3-7-23)33-29(32(36)37)22-38-21-24-10-12-25(13-11-24)26-14-16-28(17-15-26)34-19-18-27-8-4-5-9-30(27)34/h1-19,29H,20-22H2,(H,33,35)(H,36,37)/t29-/m0/s1. The number of aliphatic carboxylic acids is 1. The molecule has 1 heterocycles. The summed E-state index contributed by atoms with van der Waals surface area (Å²) in [7, 11) is 0. The van der Waals surface area contributed by atoms with Crippen molar-refractivity contribution in [2.24, 2.45) is 0 Å². The number of amides is 1. The molecule has 1 atom stereocenters. The summed E-state index contributed by atoms with van der Waals surface area (Å²) in [4.78, 5) is 24.0. The number of hydrogen-bond donors (Lipinski definition) is 2. The van der Waals surface area contributed by atoms with Crippen molar-refractivity contribution in [2.45, 2.75) is 18.2 Å². The van der Waals surface area contributed by atoms with Gasteiger partial charge in [0.2, 0.25) is 5.91 Å². The summed E-state index contributed by atoms with van der Waals surface area (Å²) in [6, 6.07) is 35.7. The Morgan fingerprint density at radius 2 is 1.42 bits per heavy atom. The monoisotopic (exact) mass is 520 g/mol. The minimum absolute atomic E-state index is 0.166. The number of carbonyl (C=O) groups excluding carboxylic acids is 1. The molecule has 4 aromatic carbocycles. The summed E-state index contributed by atoms with van der Waals surface area (Å²) >= 11 is 1.50. The molecule has 5 nitrogen and oxygen atoms in total. The topological polar surface area (TPSA) is 71.3 Å². The minimum Gasteiger partial charge on any atom is -0.480 e. The lowest BCUT2D eigenvalue weighted by Gasteiger charge is -2.14. The molecule has 2 N–H and O–H groups in total. The zero-order valence-corrected chi connectivity index (χ0v) is 21.6. The Morgan fingerprint density at radius 3 is 2.13 bits per heavy atom. The van der Waals surface area contributed by atoms with E-state index in [-0.39, 0.29) is 12.3 Å². The zero-order valence-electron chi connectivity index (χ0n) is 20.8. The molecular formula is C32H28N2O3S. The first-order chi connectivity index (χ1) is 18.6. The third-order valence-corrected chi connectivity index (χ3v) is 7.53. The van der Waals surface area contributed by atoms with Gasteiger partial charge in [-0.2, -0.15) is 11.8 Å². The maximum absolute atomic E-state index is 12.3. The van der Waals surface area contributed by atoms with Crippen molar-refractivity contribution >= 4 is 34.5 Å². The first-order valence-corrected chi connectivity index (χ1v) is 13.6. The fourth-order valence-corrected chi connectivity index (χ4v) is 5.42. The third kappa shape index (κ3) is 6.15. The molecule has 38 heavy (non-hydrogen) atoms. The van der Waals surface area contributed by atoms with Crippen molar-refractivity contribution in [3.05, 3.63) is 127 Å². The van der Waals surface area contributed by atoms with Gasteiger partial charge in [0, 0.05) is 23.4 Å². The Hall–Kier alpha value is -4.29. The highest BCUT2D eigenvalue weighted by atomic mass is 32.2. The van der Waals surface area contributed by atoms with E-state index in [1.165, 1.54) is 22.7 Å². The number of nitrogens with zero attached hydrogens (tertiary/aromatic N) is 1. The van der Waals surface area contributed by atoms with Crippen molar-refractivity contribution in [1.82, 2.24) is 9.88 Å². The molecule has 1 aromatic heterocycles. The Labute approximate surface area is 226 Å². The molecule has 0 radical (unpaired) electrons. The average molecular weight is 521 g/mol. The molecular weight excluding hydrogens is 492 g/mol. The Balaban J connectivity index is 1.15. The van der Waals surface area contributed by atoms with Gasteiger partial charge in [-0.25, -0.2) is 4.79 Å². The van der Waals surface area contributed by atoms with Crippen LogP contribution in [0.4, 0.5) is 0 Å². The van der Waals surface area contributed by atoms with E-state index in [1.54, 1.807) is 0 Å². The van der Waals surface area contributed by atoms with Gasteiger partial charge in [0.25, 0.3) is 0 Å². The van der Waals surface area contributed by atoms with Crippen LogP contribution in [-0.2, 0) is 21.8 Å². The number of hydrogen-bond acceptors (Lipinski definition) is 3. The fraction of sp³-hybridized carbons (Fsp3) is 0.125. The predicted molar refractivity (Wildman–Crippen MR) is 155 cm³/mol. The number of fused-ring (bicyclic) bond motifs is 1. The number of para-hydroxylation sites is 1. The third-order valence-electron chi connectivity index (χ3n) is 6.43. The van der Waals surface area contributed by atoms with Crippen LogP contribution < -0.4 is 5.32 Å². The van der Waals surface area contributed by atoms with Crippen LogP contribution in [-0.4, -0.2) is 33.3 Å². The van der Waals surface area contributed by atoms with E-state index in [9.17, 15) is 14.7 Å². The number of carboxylic acids is 1. The smallest absolute Gasteiger partial charge is 0.327 e. The molecule has 1 amide bonds. The molecule has 6 heteroatoms. The van der Waals surface area contributed by atoms with Crippen LogP contribution in [0.5, 0.6) is 0 Å². The number of nitrogens with one attached hydrogen (secondary N) is 1. The predicted octanol–water partition coefficient (Wildman–Crippen LogP) is 6.34. The molecule has 0 aliphatic carbocycles. The van der Waals surface area contributed by atoms with E-state index in [2.05, 4.69) is 88.9 Å². The molecule has 5 aromatic rings. The number of rotatable bonds is 10. The van der Waals surface area contributed by atoms with Crippen LogP contribution >= 0.6 is 11.8 Å². The van der Waals surface area contributed by atoms with Gasteiger partial charge in [0.1, 0.15) is 6.04 Å². The highest BCUT2D eigenvalue weighted by molar-refractivity contribution is 7.98. The molecule has 0 fully saturated rings. The first kappa shape index (κ1) is 25.4. The summed E-state index contributed by atoms with van der Waals surface area (Å²) in [6.07, 6.45) is 2.26. The van der Waals surface area contributed by atoms with E-state index < -0.39 is 12.0 Å². The van der Waals surface area contributed by atoms with E-state index in [0.29, 0.717) is 11.5 Å². The molecule has 0 bridgehead atoms. The number of aromatic nitrogens is 1. The lowest BCUT2D eigenvalue weighted by atomic mass is 10.0. The average Bonchev–Trinajstić information content (AvgIpc) is 3.38. The summed E-state index contributed by atoms with van der Waals surface area (Å²) in [5.74, 6) is -0.346. The van der Waals surface area contributed by atoms with Crippen LogP contribution in [0.25, 0.3) is 27.7 Å². The first-order valence-electron chi connectivity index (χ1n) is 12.5. The van der Waals surface area contributed by atoms with Crippen molar-refractivity contribution in [1.29, 1.82) is 0 Å². The quantitative estimate of drug-likeness (QED) is 0.225. The highest BCUT2D eigenvalue weighted by Crippen LogP contribution is 2.25. The number of thioether (sulfide) groups is 1. The van der Waals surface area contributed by atoms with Crippen LogP contribution in [0, 0.1) is 0 Å². The van der Waals surface area contributed by atoms with Crippen LogP contribution in [0.15, 0.2) is 115 Å². The second-order valence-corrected chi connectivity index (χ2v) is 10.2. The maximum Gasteiger partial charge on any atom is 0.327 e. The summed E-state index contributed by atoms with van der Waals surface area (Å²) in [6.45, 7) is 0. The van der Waals surface area contributed by atoms with Gasteiger partial charge in [-0.15, -0.1) is 0 Å². The molecule has 190 valence electrons. The van der Waals surface area contributed by atoms with Gasteiger partial charge in [-0.05, 0) is 51.9 Å². The van der Waals surface area contributed by atoms with E-state index in [0.717, 1.165) is 27.9 Å². The molecule has 0 saturated carbocycles. The number of benzene rings is 4. The second-order valence-electron chi connectivity index (χ2n) is 9.12. The maximum atomic E-state index is 12.3. The van der Waals surface area contributed by atoms with Crippen LogP contribution in [0.1, 0.15) is 11.1 Å². The van der Waals surface area contributed by atoms with Crippen molar-refractivity contribution in [2.75, 3.05) is 5.75 Å². The Bertz CT molecular complexity index is 1530. The van der Waals surface area contributed by atoms with Gasteiger partial charge >= 0.3 is 5.97 Å². The van der Waals surface area contributed by atoms with Crippen molar-refractivity contribution < 1.29 is 14.7 Å². The highest BCUT2D eigenvalue weighted by Gasteiger charge is 2.20. The summed E-state index contributed by atoms with van der Waals surface area (Å²) in [5, 5.41) is 13.4. The van der Waals surface area contributed by atoms with Crippen molar-refractivity contribution in [3.63, 3.8) is 0 Å². The lowest BCUT2D eigenvalue weighted by Crippen LogP contribution is -2.43. The lowest BCUT2D eigenvalue weighted by molar-refractivity contribution is -0.141. The van der Waals surface area contributed by atoms with E-state index in [4.69, 9.17) is 0 Å². The Morgan fingerprint density at radius 1 is 0.763 bits per heavy atom. The van der Waals surface area contributed by atoms with E-state index >= 15 is 0 Å². The van der Waals surface area contributed by atoms with Crippen LogP contribution in [0.2, 0.25) is 0 Å². The minimum atomic E-state index is -1.02. The Kier molecular flexibility index (Phi) is 7.90. The van der Waals surface area contributed by atoms with Gasteiger partial charge in [0.15, 0.2) is 0 Å². The molecule has 5 rings (SSSR count). The molecule has 0 aliphatic heterocycles. The largest absolute Gasteiger partial charge is 0.480 e. The van der Waals surface area contributed by atoms with Gasteiger partial charge in [0.05, 0.1) is 11.9 Å². The van der Waals surface area contributed by atoms with Gasteiger partial charge < -0.3 is 15.0 Å². The number of carbonyl (C=O) groups is 2. The molecule has 0 spiro atoms. The second kappa shape index (κ2) is 11.8. The van der Waals surface area contributed by atoms with Crippen LogP contribution in [0.3, 0.4) is 0 Å². The molecule has 0 aliphatic rings. The molecule has 0 unspecified atom stereocenters. The summed E-state index contributed by atoms with van der Waals surface area (Å²) in [5.41, 5.74) is 6.52. The fourth-order valence-electron chi connectivity index (χ4n) is 4.41. The van der Waals surface area contributed by atoms with Gasteiger partial charge in [-0.1, -0.05) is 84.9 Å². The number of carboxylic acid groups (broad SMARTS) is 1. The zero-order chi connectivity index (χ0) is 26.3. The van der Waals surface area contributed by atoms with Crippen molar-refractivity contribution in [3.8, 4) is 16.8 Å². The van der Waals surface area contributed by atoms with Gasteiger partial charge in [-0.3, -0.25) is 4.79 Å². The summed E-state index contributed by atoms with van der Waals surface area (Å²) < 4.78 is 2.19. The van der Waals surface area contributed by atoms with E-state index in [1.807, 2.05) is 36.4 Å². The SMILES string of the molecule is O=C(Cc1ccccc1)N[C@@H](CSCc1ccc(-c2ccc(-n3ccc4ccccc43)cc2)cc1)C(=O)O.